The number of aliphatic hydroxyl groups is 2. The molecule has 0 saturated carbocycles. The minimum absolute atomic E-state index is 0.0819. The zero-order valence-corrected chi connectivity index (χ0v) is 39.6. The van der Waals surface area contributed by atoms with E-state index in [4.69, 9.17) is 0 Å². The second-order valence-electron chi connectivity index (χ2n) is 16.5. The van der Waals surface area contributed by atoms with E-state index < -0.39 is 12.1 Å². The Morgan fingerprint density at radius 2 is 0.738 bits per heavy atom. The van der Waals surface area contributed by atoms with Gasteiger partial charge in [0.25, 0.3) is 0 Å². The molecule has 0 aliphatic carbocycles. The van der Waals surface area contributed by atoms with Crippen molar-refractivity contribution in [3.05, 3.63) is 122 Å². The summed E-state index contributed by atoms with van der Waals surface area (Å²) in [5.74, 6) is -0.0819. The maximum atomic E-state index is 12.3. The van der Waals surface area contributed by atoms with E-state index in [1.165, 1.54) is 109 Å². The summed E-state index contributed by atoms with van der Waals surface area (Å²) in [6, 6.07) is -0.641. The predicted molar refractivity (Wildman–Crippen MR) is 271 cm³/mol. The first-order chi connectivity index (χ1) is 30.2. The minimum atomic E-state index is -0.864. The van der Waals surface area contributed by atoms with Crippen LogP contribution in [-0.2, 0) is 4.79 Å². The highest BCUT2D eigenvalue weighted by atomic mass is 16.3. The van der Waals surface area contributed by atoms with Crippen molar-refractivity contribution < 1.29 is 15.0 Å². The topological polar surface area (TPSA) is 69.6 Å². The van der Waals surface area contributed by atoms with E-state index >= 15 is 0 Å². The third-order valence-corrected chi connectivity index (χ3v) is 10.7. The second-order valence-corrected chi connectivity index (χ2v) is 16.5. The van der Waals surface area contributed by atoms with Gasteiger partial charge in [0.1, 0.15) is 0 Å². The van der Waals surface area contributed by atoms with Gasteiger partial charge in [-0.2, -0.15) is 0 Å². The zero-order chi connectivity index (χ0) is 44.2. The molecule has 0 aliphatic rings. The highest BCUT2D eigenvalue weighted by Gasteiger charge is 2.17. The van der Waals surface area contributed by atoms with Gasteiger partial charge in [0.2, 0.25) is 5.91 Å². The average molecular weight is 842 g/mol. The van der Waals surface area contributed by atoms with Gasteiger partial charge in [-0.25, -0.2) is 0 Å². The van der Waals surface area contributed by atoms with Crippen LogP contribution in [0.1, 0.15) is 213 Å². The van der Waals surface area contributed by atoms with Crippen LogP contribution in [0, 0.1) is 0 Å². The Balaban J connectivity index is 3.51. The van der Waals surface area contributed by atoms with E-state index in [1.807, 2.05) is 6.08 Å². The number of rotatable bonds is 44. The molecule has 0 fully saturated rings. The molecule has 3 N–H and O–H groups in total. The molecule has 1 amide bonds. The summed E-state index contributed by atoms with van der Waals surface area (Å²) in [6.45, 7) is 4.10. The van der Waals surface area contributed by atoms with Crippen LogP contribution < -0.4 is 5.32 Å². The largest absolute Gasteiger partial charge is 0.394 e. The average Bonchev–Trinajstić information content (AvgIpc) is 3.26. The van der Waals surface area contributed by atoms with Crippen molar-refractivity contribution >= 4 is 5.91 Å². The maximum Gasteiger partial charge on any atom is 0.220 e. The lowest BCUT2D eigenvalue weighted by atomic mass is 10.0. The van der Waals surface area contributed by atoms with E-state index in [0.29, 0.717) is 6.42 Å². The molecule has 0 rings (SSSR count). The Kier molecular flexibility index (Phi) is 48.5. The molecule has 0 aromatic heterocycles. The Hall–Kier alpha value is -3.21. The van der Waals surface area contributed by atoms with E-state index in [-0.39, 0.29) is 12.5 Å². The fourth-order valence-electron chi connectivity index (χ4n) is 6.84. The standard InChI is InChI=1S/C57H95NO3/c1-3-5-7-9-11-13-14-15-16-17-18-19-20-21-22-23-24-25-26-27-28-29-30-31-32-33-34-35-36-37-38-39-40-41-42-43-44-45-47-49-51-53-57(61)58-55(54-59)56(60)52-50-48-46-12-10-8-6-4-2/h5,7,10-13,15-16,18-19,21-22,24-25,27-28,30-31,50,52,55-56,59-60H,3-4,6,8-9,14,17,20,23,26,29,32-49,51,53-54H2,1-2H3,(H,58,61)/b7-5-,12-10+,13-11-,16-15-,19-18-,22-21-,25-24-,28-27-,31-30-,52-50+. The summed E-state index contributed by atoms with van der Waals surface area (Å²) in [6.07, 6.45) is 79.3. The summed E-state index contributed by atoms with van der Waals surface area (Å²) >= 11 is 0. The predicted octanol–water partition coefficient (Wildman–Crippen LogP) is 16.5. The van der Waals surface area contributed by atoms with Gasteiger partial charge in [0.15, 0.2) is 0 Å². The molecule has 0 aromatic rings. The van der Waals surface area contributed by atoms with E-state index in [9.17, 15) is 15.0 Å². The number of hydrogen-bond acceptors (Lipinski definition) is 3. The van der Waals surface area contributed by atoms with Crippen molar-refractivity contribution in [2.75, 3.05) is 6.61 Å². The molecular weight excluding hydrogens is 747 g/mol. The number of hydrogen-bond donors (Lipinski definition) is 3. The molecular formula is C57H95NO3. The summed E-state index contributed by atoms with van der Waals surface area (Å²) in [5, 5.41) is 22.8. The summed E-state index contributed by atoms with van der Waals surface area (Å²) < 4.78 is 0. The minimum Gasteiger partial charge on any atom is -0.394 e. The van der Waals surface area contributed by atoms with Gasteiger partial charge in [-0.1, -0.05) is 238 Å². The molecule has 0 bridgehead atoms. The number of amides is 1. The monoisotopic (exact) mass is 842 g/mol. The summed E-state index contributed by atoms with van der Waals surface area (Å²) in [5.41, 5.74) is 0. The molecule has 0 aromatic carbocycles. The van der Waals surface area contributed by atoms with Crippen molar-refractivity contribution in [3.8, 4) is 0 Å². The molecule has 0 heterocycles. The number of carbonyl (C=O) groups is 1. The molecule has 0 saturated heterocycles. The van der Waals surface area contributed by atoms with Crippen LogP contribution in [0.5, 0.6) is 0 Å². The molecule has 61 heavy (non-hydrogen) atoms. The lowest BCUT2D eigenvalue weighted by molar-refractivity contribution is -0.123. The third-order valence-electron chi connectivity index (χ3n) is 10.7. The number of nitrogens with one attached hydrogen (secondary N) is 1. The molecule has 4 nitrogen and oxygen atoms in total. The van der Waals surface area contributed by atoms with Crippen LogP contribution in [0.3, 0.4) is 0 Å². The van der Waals surface area contributed by atoms with Crippen LogP contribution in [0.15, 0.2) is 122 Å². The Bertz CT molecular complexity index is 1230. The molecule has 0 radical (unpaired) electrons. The fraction of sp³-hybridized carbons (Fsp3) is 0.632. The first-order valence-corrected chi connectivity index (χ1v) is 25.2. The van der Waals surface area contributed by atoms with Gasteiger partial charge in [0.05, 0.1) is 18.8 Å². The van der Waals surface area contributed by atoms with Crippen LogP contribution in [0.4, 0.5) is 0 Å². The summed E-state index contributed by atoms with van der Waals surface area (Å²) in [4.78, 5) is 12.3. The fourth-order valence-corrected chi connectivity index (χ4v) is 6.84. The van der Waals surface area contributed by atoms with Crippen molar-refractivity contribution in [2.24, 2.45) is 0 Å². The van der Waals surface area contributed by atoms with Gasteiger partial charge in [-0.05, 0) is 89.9 Å². The molecule has 2 unspecified atom stereocenters. The van der Waals surface area contributed by atoms with Crippen molar-refractivity contribution in [3.63, 3.8) is 0 Å². The zero-order valence-electron chi connectivity index (χ0n) is 39.6. The van der Waals surface area contributed by atoms with Gasteiger partial charge in [-0.3, -0.25) is 4.79 Å². The molecule has 0 aliphatic heterocycles. The number of carbonyl (C=O) groups excluding carboxylic acids is 1. The Morgan fingerprint density at radius 3 is 1.15 bits per heavy atom. The molecule has 346 valence electrons. The maximum absolute atomic E-state index is 12.3. The van der Waals surface area contributed by atoms with Crippen molar-refractivity contribution in [1.29, 1.82) is 0 Å². The Labute approximate surface area is 378 Å². The van der Waals surface area contributed by atoms with Crippen molar-refractivity contribution in [1.82, 2.24) is 5.32 Å². The Morgan fingerprint density at radius 1 is 0.410 bits per heavy atom. The van der Waals surface area contributed by atoms with Gasteiger partial charge in [-0.15, -0.1) is 0 Å². The second kappa shape index (κ2) is 51.1. The smallest absolute Gasteiger partial charge is 0.220 e. The quantitative estimate of drug-likeness (QED) is 0.0423. The van der Waals surface area contributed by atoms with E-state index in [0.717, 1.165) is 83.5 Å². The third kappa shape index (κ3) is 47.7. The lowest BCUT2D eigenvalue weighted by Gasteiger charge is -2.19. The van der Waals surface area contributed by atoms with Crippen LogP contribution in [0.25, 0.3) is 0 Å². The highest BCUT2D eigenvalue weighted by Crippen LogP contribution is 2.15. The van der Waals surface area contributed by atoms with Crippen LogP contribution in [-0.4, -0.2) is 34.9 Å². The molecule has 4 heteroatoms. The normalized spacial score (nSPS) is 14.0. The van der Waals surface area contributed by atoms with E-state index in [1.54, 1.807) is 6.08 Å². The number of unbranched alkanes of at least 4 members (excludes halogenated alkanes) is 19. The first kappa shape index (κ1) is 57.8. The highest BCUT2D eigenvalue weighted by molar-refractivity contribution is 5.76. The van der Waals surface area contributed by atoms with E-state index in [2.05, 4.69) is 129 Å². The SMILES string of the molecule is CC/C=C\C/C=C\C/C=C\C/C=C\C/C=C\C/C=C\C/C=C\C/C=C\CCCCCCCCCCCCCCCCCCC(=O)NC(CO)C(O)/C=C/CC/C=C/CCCC. The van der Waals surface area contributed by atoms with Crippen molar-refractivity contribution in [2.45, 2.75) is 225 Å². The number of aliphatic hydroxyl groups excluding tert-OH is 2. The van der Waals surface area contributed by atoms with Gasteiger partial charge in [0, 0.05) is 6.42 Å². The van der Waals surface area contributed by atoms with Crippen LogP contribution in [0.2, 0.25) is 0 Å². The van der Waals surface area contributed by atoms with Gasteiger partial charge < -0.3 is 15.5 Å². The summed E-state index contributed by atoms with van der Waals surface area (Å²) in [7, 11) is 0. The molecule has 0 spiro atoms. The van der Waals surface area contributed by atoms with Crippen LogP contribution >= 0.6 is 0 Å². The number of allylic oxidation sites excluding steroid dienone is 19. The lowest BCUT2D eigenvalue weighted by Crippen LogP contribution is -2.45. The molecule has 2 atom stereocenters. The van der Waals surface area contributed by atoms with Gasteiger partial charge >= 0.3 is 0 Å². The first-order valence-electron chi connectivity index (χ1n) is 25.2.